The van der Waals surface area contributed by atoms with Crippen molar-refractivity contribution in [1.29, 1.82) is 0 Å². The van der Waals surface area contributed by atoms with Gasteiger partial charge in [0, 0.05) is 6.54 Å². The fourth-order valence-corrected chi connectivity index (χ4v) is 3.88. The van der Waals surface area contributed by atoms with Gasteiger partial charge in [-0.2, -0.15) is 0 Å². The average molecular weight is 422 g/mol. The van der Waals surface area contributed by atoms with E-state index in [1.165, 1.54) is 11.5 Å². The Bertz CT molecular complexity index is 1130. The molecule has 0 aliphatic heterocycles. The summed E-state index contributed by atoms with van der Waals surface area (Å²) in [5, 5.41) is 3.76. The molecule has 0 saturated heterocycles. The predicted molar refractivity (Wildman–Crippen MR) is 120 cm³/mol. The Hall–Kier alpha value is -3.19. The molecule has 0 radical (unpaired) electrons. The Labute approximate surface area is 179 Å². The summed E-state index contributed by atoms with van der Waals surface area (Å²) < 4.78 is 1.50. The number of allylic oxidation sites excluding steroid dienone is 1. The maximum absolute atomic E-state index is 12.8. The molecule has 3 aromatic rings. The molecule has 1 aromatic heterocycles. The number of benzene rings is 2. The van der Waals surface area contributed by atoms with E-state index in [1.54, 1.807) is 24.3 Å². The summed E-state index contributed by atoms with van der Waals surface area (Å²) in [4.78, 5) is 41.8. The van der Waals surface area contributed by atoms with Gasteiger partial charge in [-0.15, -0.1) is 6.58 Å². The van der Waals surface area contributed by atoms with Crippen LogP contribution in [-0.2, 0) is 22.6 Å². The van der Waals surface area contributed by atoms with E-state index in [9.17, 15) is 14.4 Å². The first-order valence-electron chi connectivity index (χ1n) is 9.56. The molecule has 0 aliphatic carbocycles. The zero-order chi connectivity index (χ0) is 21.5. The minimum absolute atomic E-state index is 0.0422. The lowest BCUT2D eigenvalue weighted by Crippen LogP contribution is -2.42. The molecule has 7 heteroatoms. The van der Waals surface area contributed by atoms with E-state index in [4.69, 9.17) is 0 Å². The molecule has 1 amide bonds. The molecule has 0 spiro atoms. The van der Waals surface area contributed by atoms with Crippen LogP contribution in [-0.4, -0.2) is 33.0 Å². The van der Waals surface area contributed by atoms with Gasteiger partial charge in [-0.1, -0.05) is 60.3 Å². The lowest BCUT2D eigenvalue weighted by atomic mass is 10.0. The highest BCUT2D eigenvalue weighted by atomic mass is 32.2. The van der Waals surface area contributed by atoms with Crippen molar-refractivity contribution in [3.05, 3.63) is 83.2 Å². The minimum Gasteiger partial charge on any atom is -0.345 e. The summed E-state index contributed by atoms with van der Waals surface area (Å²) >= 11 is 1.16. The topological polar surface area (TPSA) is 81.1 Å². The van der Waals surface area contributed by atoms with E-state index in [2.05, 4.69) is 16.9 Å². The quantitative estimate of drug-likeness (QED) is 0.326. The van der Waals surface area contributed by atoms with Crippen molar-refractivity contribution in [1.82, 2.24) is 14.9 Å². The molecule has 1 unspecified atom stereocenters. The standard InChI is InChI=1S/C23H23N3O3S/c1-3-13-26-22(29)18-11-7-8-12-19(18)25-23(26)30-15-21(28)24-20(16(2)27)14-17-9-5-4-6-10-17/h3-12,20H,1,13-15H2,2H3,(H,24,28). The van der Waals surface area contributed by atoms with Gasteiger partial charge >= 0.3 is 0 Å². The summed E-state index contributed by atoms with van der Waals surface area (Å²) in [5.41, 5.74) is 1.38. The molecule has 0 bridgehead atoms. The third kappa shape index (κ3) is 5.24. The molecule has 0 saturated carbocycles. The van der Waals surface area contributed by atoms with Gasteiger partial charge in [0.25, 0.3) is 5.56 Å². The molecule has 1 atom stereocenters. The Kier molecular flexibility index (Phi) is 7.19. The first-order chi connectivity index (χ1) is 14.5. The van der Waals surface area contributed by atoms with E-state index in [0.29, 0.717) is 29.0 Å². The van der Waals surface area contributed by atoms with Crippen LogP contribution in [0.15, 0.2) is 77.2 Å². The molecule has 0 aliphatic rings. The number of carbonyl (C=O) groups is 2. The van der Waals surface area contributed by atoms with Crippen molar-refractivity contribution < 1.29 is 9.59 Å². The zero-order valence-electron chi connectivity index (χ0n) is 16.7. The highest BCUT2D eigenvalue weighted by Crippen LogP contribution is 2.18. The van der Waals surface area contributed by atoms with E-state index in [-0.39, 0.29) is 23.0 Å². The minimum atomic E-state index is -0.597. The van der Waals surface area contributed by atoms with Crippen LogP contribution in [0.1, 0.15) is 12.5 Å². The second-order valence-corrected chi connectivity index (χ2v) is 7.77. The molecule has 6 nitrogen and oxygen atoms in total. The molecule has 1 heterocycles. The normalized spacial score (nSPS) is 11.8. The molecule has 3 rings (SSSR count). The van der Waals surface area contributed by atoms with Crippen LogP contribution in [0.4, 0.5) is 0 Å². The van der Waals surface area contributed by atoms with Crippen LogP contribution < -0.4 is 10.9 Å². The number of nitrogens with zero attached hydrogens (tertiary/aromatic N) is 2. The van der Waals surface area contributed by atoms with Gasteiger partial charge in [-0.05, 0) is 31.0 Å². The van der Waals surface area contributed by atoms with E-state index in [1.807, 2.05) is 36.4 Å². The number of rotatable bonds is 9. The van der Waals surface area contributed by atoms with E-state index in [0.717, 1.165) is 17.3 Å². The van der Waals surface area contributed by atoms with Crippen molar-refractivity contribution >= 4 is 34.4 Å². The first kappa shape index (κ1) is 21.5. The van der Waals surface area contributed by atoms with Gasteiger partial charge in [-0.25, -0.2) is 4.98 Å². The Morgan fingerprint density at radius 2 is 1.87 bits per heavy atom. The fraction of sp³-hybridized carbons (Fsp3) is 0.217. The summed E-state index contributed by atoms with van der Waals surface area (Å²) in [6.45, 7) is 5.46. The maximum atomic E-state index is 12.8. The number of hydrogen-bond donors (Lipinski definition) is 1. The summed E-state index contributed by atoms with van der Waals surface area (Å²) in [5.74, 6) is -0.353. The summed E-state index contributed by atoms with van der Waals surface area (Å²) in [6.07, 6.45) is 2.05. The van der Waals surface area contributed by atoms with Gasteiger partial charge in [0.1, 0.15) is 0 Å². The zero-order valence-corrected chi connectivity index (χ0v) is 17.5. The predicted octanol–water partition coefficient (Wildman–Crippen LogP) is 2.99. The largest absolute Gasteiger partial charge is 0.345 e. The van der Waals surface area contributed by atoms with Crippen LogP contribution in [0, 0.1) is 0 Å². The van der Waals surface area contributed by atoms with Crippen molar-refractivity contribution in [2.45, 2.75) is 31.1 Å². The lowest BCUT2D eigenvalue weighted by molar-refractivity contribution is -0.125. The van der Waals surface area contributed by atoms with Crippen LogP contribution in [0.2, 0.25) is 0 Å². The number of carbonyl (C=O) groups excluding carboxylic acids is 2. The van der Waals surface area contributed by atoms with Gasteiger partial charge in [0.05, 0.1) is 22.7 Å². The number of fused-ring (bicyclic) bond motifs is 1. The average Bonchev–Trinajstić information content (AvgIpc) is 2.75. The summed E-state index contributed by atoms with van der Waals surface area (Å²) in [6, 6.07) is 16.0. The van der Waals surface area contributed by atoms with Crippen LogP contribution in [0.3, 0.4) is 0 Å². The van der Waals surface area contributed by atoms with Crippen LogP contribution >= 0.6 is 11.8 Å². The van der Waals surface area contributed by atoms with Gasteiger partial charge in [0.15, 0.2) is 10.9 Å². The molecular weight excluding hydrogens is 398 g/mol. The van der Waals surface area contributed by atoms with Crippen molar-refractivity contribution in [3.63, 3.8) is 0 Å². The number of Topliss-reactive ketones (excluding diaryl/α,β-unsaturated/α-hetero) is 1. The SMILES string of the molecule is C=CCn1c(SCC(=O)NC(Cc2ccccc2)C(C)=O)nc2ccccc2c1=O. The molecule has 1 N–H and O–H groups in total. The first-order valence-corrected chi connectivity index (χ1v) is 10.5. The Morgan fingerprint density at radius 3 is 2.57 bits per heavy atom. The Balaban J connectivity index is 1.73. The number of ketones is 1. The van der Waals surface area contributed by atoms with Crippen molar-refractivity contribution in [2.24, 2.45) is 0 Å². The lowest BCUT2D eigenvalue weighted by Gasteiger charge is -2.16. The third-order valence-corrected chi connectivity index (χ3v) is 5.56. The number of nitrogens with one attached hydrogen (secondary N) is 1. The Morgan fingerprint density at radius 1 is 1.17 bits per heavy atom. The van der Waals surface area contributed by atoms with Crippen molar-refractivity contribution in [2.75, 3.05) is 5.75 Å². The maximum Gasteiger partial charge on any atom is 0.262 e. The monoisotopic (exact) mass is 421 g/mol. The number of hydrogen-bond acceptors (Lipinski definition) is 5. The van der Waals surface area contributed by atoms with E-state index < -0.39 is 6.04 Å². The number of para-hydroxylation sites is 1. The van der Waals surface area contributed by atoms with Crippen molar-refractivity contribution in [3.8, 4) is 0 Å². The van der Waals surface area contributed by atoms with Gasteiger partial charge in [0.2, 0.25) is 5.91 Å². The molecule has 2 aromatic carbocycles. The van der Waals surface area contributed by atoms with Crippen LogP contribution in [0.25, 0.3) is 10.9 Å². The number of thioether (sulfide) groups is 1. The second-order valence-electron chi connectivity index (χ2n) is 6.83. The van der Waals surface area contributed by atoms with Gasteiger partial charge < -0.3 is 5.32 Å². The molecule has 0 fully saturated rings. The molecule has 30 heavy (non-hydrogen) atoms. The summed E-state index contributed by atoms with van der Waals surface area (Å²) in [7, 11) is 0. The molecule has 154 valence electrons. The molecular formula is C23H23N3O3S. The van der Waals surface area contributed by atoms with E-state index >= 15 is 0 Å². The fourth-order valence-electron chi connectivity index (χ4n) is 3.06. The smallest absolute Gasteiger partial charge is 0.262 e. The second kappa shape index (κ2) is 10.0. The van der Waals surface area contributed by atoms with Gasteiger partial charge in [-0.3, -0.25) is 19.0 Å². The third-order valence-electron chi connectivity index (χ3n) is 4.58. The highest BCUT2D eigenvalue weighted by Gasteiger charge is 2.19. The van der Waals surface area contributed by atoms with Crippen LogP contribution in [0.5, 0.6) is 0 Å². The number of amides is 1. The highest BCUT2D eigenvalue weighted by molar-refractivity contribution is 7.99. The number of aromatic nitrogens is 2.